The van der Waals surface area contributed by atoms with E-state index in [2.05, 4.69) is 29.1 Å². The number of carbonyl (C=O) groups is 1. The number of rotatable bonds is 4. The van der Waals surface area contributed by atoms with Crippen LogP contribution < -0.4 is 5.32 Å². The number of thioether (sulfide) groups is 1. The maximum absolute atomic E-state index is 12.7. The lowest BCUT2D eigenvalue weighted by atomic mass is 9.97. The van der Waals surface area contributed by atoms with Crippen LogP contribution in [0.25, 0.3) is 10.2 Å². The van der Waals surface area contributed by atoms with E-state index < -0.39 is 0 Å². The Bertz CT molecular complexity index is 1010. The summed E-state index contributed by atoms with van der Waals surface area (Å²) >= 11 is 3.32. The molecular weight excluding hydrogens is 374 g/mol. The Hall–Kier alpha value is -1.92. The molecule has 2 heterocycles. The third-order valence-electron chi connectivity index (χ3n) is 5.15. The standard InChI is InChI=1S/C21H23N3OS2/c1-12-8-9-15(10-13(12)2)24-19(25)14(3)26-20-18-16-6-4-5-7-17(16)27-21(18)23-11-22-20/h8-11,14H,4-7H2,1-3H3,(H,24,25). The molecule has 0 bridgehead atoms. The van der Waals surface area contributed by atoms with Crippen LogP contribution in [0.15, 0.2) is 29.6 Å². The molecule has 0 spiro atoms. The maximum Gasteiger partial charge on any atom is 0.237 e. The molecule has 1 unspecified atom stereocenters. The number of thiophene rings is 1. The Morgan fingerprint density at radius 3 is 2.81 bits per heavy atom. The van der Waals surface area contributed by atoms with Crippen molar-refractivity contribution >= 4 is 44.9 Å². The number of hydrogen-bond donors (Lipinski definition) is 1. The molecule has 1 aliphatic carbocycles. The van der Waals surface area contributed by atoms with Gasteiger partial charge in [-0.3, -0.25) is 4.79 Å². The molecule has 2 aromatic heterocycles. The summed E-state index contributed by atoms with van der Waals surface area (Å²) in [6, 6.07) is 6.01. The topological polar surface area (TPSA) is 54.9 Å². The van der Waals surface area contributed by atoms with Crippen molar-refractivity contribution in [2.75, 3.05) is 5.32 Å². The number of aryl methyl sites for hydroxylation is 4. The Balaban J connectivity index is 1.55. The van der Waals surface area contributed by atoms with E-state index in [-0.39, 0.29) is 11.2 Å². The van der Waals surface area contributed by atoms with E-state index in [4.69, 9.17) is 0 Å². The van der Waals surface area contributed by atoms with Crippen LogP contribution in [-0.2, 0) is 17.6 Å². The molecule has 0 saturated carbocycles. The van der Waals surface area contributed by atoms with Crippen LogP contribution in [0.5, 0.6) is 0 Å². The van der Waals surface area contributed by atoms with Gasteiger partial charge < -0.3 is 5.32 Å². The van der Waals surface area contributed by atoms with Gasteiger partial charge in [-0.1, -0.05) is 17.8 Å². The van der Waals surface area contributed by atoms with Gasteiger partial charge >= 0.3 is 0 Å². The largest absolute Gasteiger partial charge is 0.325 e. The molecule has 1 aromatic carbocycles. The van der Waals surface area contributed by atoms with Crippen LogP contribution in [0.3, 0.4) is 0 Å². The Morgan fingerprint density at radius 1 is 1.19 bits per heavy atom. The number of benzene rings is 1. The van der Waals surface area contributed by atoms with Crippen molar-refractivity contribution in [2.45, 2.75) is 56.7 Å². The summed E-state index contributed by atoms with van der Waals surface area (Å²) in [6.45, 7) is 6.07. The van der Waals surface area contributed by atoms with Gasteiger partial charge in [0.15, 0.2) is 0 Å². The SMILES string of the molecule is Cc1ccc(NC(=O)C(C)Sc2ncnc3sc4c(c23)CCCC4)cc1C. The average Bonchev–Trinajstić information content (AvgIpc) is 3.04. The molecule has 4 rings (SSSR count). The zero-order valence-corrected chi connectivity index (χ0v) is 17.5. The van der Waals surface area contributed by atoms with E-state index in [0.717, 1.165) is 28.4 Å². The number of nitrogens with zero attached hydrogens (tertiary/aromatic N) is 2. The Kier molecular flexibility index (Phi) is 5.19. The van der Waals surface area contributed by atoms with Crippen molar-refractivity contribution in [2.24, 2.45) is 0 Å². The van der Waals surface area contributed by atoms with Crippen molar-refractivity contribution in [3.8, 4) is 0 Å². The molecular formula is C21H23N3OS2. The van der Waals surface area contributed by atoms with Crippen LogP contribution in [0.2, 0.25) is 0 Å². The van der Waals surface area contributed by atoms with Crippen molar-refractivity contribution in [1.82, 2.24) is 9.97 Å². The van der Waals surface area contributed by atoms with Crippen LogP contribution in [0.1, 0.15) is 41.3 Å². The van der Waals surface area contributed by atoms with Gasteiger partial charge in [-0.05, 0) is 75.3 Å². The van der Waals surface area contributed by atoms with Gasteiger partial charge in [0.05, 0.1) is 5.25 Å². The summed E-state index contributed by atoms with van der Waals surface area (Å²) in [5.41, 5.74) is 4.65. The minimum Gasteiger partial charge on any atom is -0.325 e. The monoisotopic (exact) mass is 397 g/mol. The predicted molar refractivity (Wildman–Crippen MR) is 114 cm³/mol. The lowest BCUT2D eigenvalue weighted by Crippen LogP contribution is -2.22. The van der Waals surface area contributed by atoms with Crippen molar-refractivity contribution in [1.29, 1.82) is 0 Å². The maximum atomic E-state index is 12.7. The molecule has 0 radical (unpaired) electrons. The van der Waals surface area contributed by atoms with Crippen molar-refractivity contribution < 1.29 is 4.79 Å². The highest BCUT2D eigenvalue weighted by molar-refractivity contribution is 8.00. The van der Waals surface area contributed by atoms with E-state index in [1.165, 1.54) is 51.6 Å². The Morgan fingerprint density at radius 2 is 2.00 bits per heavy atom. The zero-order valence-electron chi connectivity index (χ0n) is 15.8. The second-order valence-corrected chi connectivity index (χ2v) is 9.53. The van der Waals surface area contributed by atoms with Gasteiger partial charge in [-0.2, -0.15) is 0 Å². The highest BCUT2D eigenvalue weighted by atomic mass is 32.2. The molecule has 1 N–H and O–H groups in total. The number of carbonyl (C=O) groups excluding carboxylic acids is 1. The molecule has 0 fully saturated rings. The fourth-order valence-electron chi connectivity index (χ4n) is 3.43. The quantitative estimate of drug-likeness (QED) is 0.479. The first-order valence-electron chi connectivity index (χ1n) is 9.33. The summed E-state index contributed by atoms with van der Waals surface area (Å²) < 4.78 is 0. The molecule has 140 valence electrons. The first-order valence-corrected chi connectivity index (χ1v) is 11.0. The fraction of sp³-hybridized carbons (Fsp3) is 0.381. The smallest absolute Gasteiger partial charge is 0.237 e. The zero-order chi connectivity index (χ0) is 19.0. The van der Waals surface area contributed by atoms with Crippen molar-refractivity contribution in [3.63, 3.8) is 0 Å². The van der Waals surface area contributed by atoms with Gasteiger partial charge in [0, 0.05) is 16.0 Å². The number of fused-ring (bicyclic) bond motifs is 3. The first kappa shape index (κ1) is 18.4. The normalized spacial score (nSPS) is 14.8. The third-order valence-corrected chi connectivity index (χ3v) is 7.45. The summed E-state index contributed by atoms with van der Waals surface area (Å²) in [7, 11) is 0. The van der Waals surface area contributed by atoms with E-state index in [0.29, 0.717) is 0 Å². The number of aromatic nitrogens is 2. The summed E-state index contributed by atoms with van der Waals surface area (Å²) in [6.07, 6.45) is 6.34. The van der Waals surface area contributed by atoms with Gasteiger partial charge in [0.1, 0.15) is 16.2 Å². The van der Waals surface area contributed by atoms with E-state index in [1.54, 1.807) is 17.7 Å². The second-order valence-electron chi connectivity index (χ2n) is 7.12. The van der Waals surface area contributed by atoms with E-state index in [9.17, 15) is 4.79 Å². The number of hydrogen-bond acceptors (Lipinski definition) is 5. The van der Waals surface area contributed by atoms with Crippen LogP contribution >= 0.6 is 23.1 Å². The molecule has 1 amide bonds. The fourth-order valence-corrected chi connectivity index (χ4v) is 5.67. The van der Waals surface area contributed by atoms with Gasteiger partial charge in [-0.15, -0.1) is 11.3 Å². The number of nitrogens with one attached hydrogen (secondary N) is 1. The molecule has 1 atom stereocenters. The van der Waals surface area contributed by atoms with Gasteiger partial charge in [0.2, 0.25) is 5.91 Å². The minimum absolute atomic E-state index is 0.000822. The van der Waals surface area contributed by atoms with Crippen LogP contribution in [-0.4, -0.2) is 21.1 Å². The van der Waals surface area contributed by atoms with E-state index in [1.807, 2.05) is 25.1 Å². The third kappa shape index (κ3) is 3.73. The molecule has 3 aromatic rings. The highest BCUT2D eigenvalue weighted by Crippen LogP contribution is 2.40. The van der Waals surface area contributed by atoms with Gasteiger partial charge in [-0.25, -0.2) is 9.97 Å². The van der Waals surface area contributed by atoms with Crippen LogP contribution in [0.4, 0.5) is 5.69 Å². The van der Waals surface area contributed by atoms with Gasteiger partial charge in [0.25, 0.3) is 0 Å². The molecule has 0 saturated heterocycles. The number of amides is 1. The van der Waals surface area contributed by atoms with Crippen LogP contribution in [0, 0.1) is 13.8 Å². The molecule has 4 nitrogen and oxygen atoms in total. The predicted octanol–water partition coefficient (Wildman–Crippen LogP) is 5.31. The highest BCUT2D eigenvalue weighted by Gasteiger charge is 2.23. The summed E-state index contributed by atoms with van der Waals surface area (Å²) in [4.78, 5) is 24.2. The summed E-state index contributed by atoms with van der Waals surface area (Å²) in [5.74, 6) is -0.000822. The lowest BCUT2D eigenvalue weighted by Gasteiger charge is -2.14. The summed E-state index contributed by atoms with van der Waals surface area (Å²) in [5, 5.41) is 4.91. The number of anilines is 1. The molecule has 6 heteroatoms. The average molecular weight is 398 g/mol. The lowest BCUT2D eigenvalue weighted by molar-refractivity contribution is -0.115. The molecule has 0 aliphatic heterocycles. The molecule has 27 heavy (non-hydrogen) atoms. The van der Waals surface area contributed by atoms with Crippen molar-refractivity contribution in [3.05, 3.63) is 46.1 Å². The Labute approximate surface area is 167 Å². The van der Waals surface area contributed by atoms with E-state index >= 15 is 0 Å². The second kappa shape index (κ2) is 7.60. The minimum atomic E-state index is -0.233. The first-order chi connectivity index (χ1) is 13.0. The molecule has 1 aliphatic rings.